The van der Waals surface area contributed by atoms with E-state index in [0.29, 0.717) is 36.3 Å². The highest BCUT2D eigenvalue weighted by Crippen LogP contribution is 2.38. The molecule has 8 nitrogen and oxygen atoms in total. The van der Waals surface area contributed by atoms with Crippen molar-refractivity contribution in [2.24, 2.45) is 11.3 Å². The molecule has 210 valence electrons. The van der Waals surface area contributed by atoms with Crippen LogP contribution in [-0.4, -0.2) is 67.5 Å². The van der Waals surface area contributed by atoms with Crippen LogP contribution >= 0.6 is 0 Å². The van der Waals surface area contributed by atoms with Gasteiger partial charge < -0.3 is 14.8 Å². The van der Waals surface area contributed by atoms with Gasteiger partial charge in [-0.2, -0.15) is 0 Å². The minimum atomic E-state index is -0.501. The van der Waals surface area contributed by atoms with Gasteiger partial charge >= 0.3 is 0 Å². The predicted octanol–water partition coefficient (Wildman–Crippen LogP) is 5.12. The zero-order chi connectivity index (χ0) is 28.9. The molecule has 2 saturated heterocycles. The number of nitrogens with one attached hydrogen (secondary N) is 1. The summed E-state index contributed by atoms with van der Waals surface area (Å²) in [4.78, 5) is 55.7. The minimum absolute atomic E-state index is 0.0482. The first-order chi connectivity index (χ1) is 19.6. The Kier molecular flexibility index (Phi) is 6.68. The standard InChI is InChI=1S/C32H32FN5O3/c1-32(2,3)24(14-28(39)27-12-19-8-4-7-11-26(19)36-27)30(40)37-17-22-13-21(37)18-38(22)31(41)29-34-15-20(16-35-29)23-9-5-6-10-25(23)33/h4-12,15-16,21-22,24,36H,13-14,17-18H2,1-3H3/t21-,22-,24+/m0/s1. The molecule has 6 rings (SSSR count). The van der Waals surface area contributed by atoms with Crippen LogP contribution in [0.4, 0.5) is 4.39 Å². The molecule has 4 aromatic rings. The second-order valence-electron chi connectivity index (χ2n) is 12.1. The molecule has 0 saturated carbocycles. The lowest BCUT2D eigenvalue weighted by Crippen LogP contribution is -2.53. The Hall–Kier alpha value is -4.40. The molecule has 2 fully saturated rings. The maximum Gasteiger partial charge on any atom is 0.292 e. The van der Waals surface area contributed by atoms with Crippen LogP contribution in [0.1, 0.15) is 54.7 Å². The number of hydrogen-bond acceptors (Lipinski definition) is 5. The number of fused-ring (bicyclic) bond motifs is 3. The summed E-state index contributed by atoms with van der Waals surface area (Å²) < 4.78 is 14.1. The number of H-pyrrole nitrogens is 1. The highest BCUT2D eigenvalue weighted by Gasteiger charge is 2.50. The topological polar surface area (TPSA) is 99.3 Å². The van der Waals surface area contributed by atoms with Crippen molar-refractivity contribution in [1.29, 1.82) is 0 Å². The Balaban J connectivity index is 1.13. The molecule has 0 radical (unpaired) electrons. The fourth-order valence-corrected chi connectivity index (χ4v) is 6.07. The average molecular weight is 554 g/mol. The molecule has 2 aliphatic heterocycles. The molecule has 3 atom stereocenters. The van der Waals surface area contributed by atoms with Crippen molar-refractivity contribution in [2.75, 3.05) is 13.1 Å². The molecule has 0 unspecified atom stereocenters. The second-order valence-corrected chi connectivity index (χ2v) is 12.1. The van der Waals surface area contributed by atoms with Gasteiger partial charge in [-0.3, -0.25) is 14.4 Å². The van der Waals surface area contributed by atoms with Crippen LogP contribution in [-0.2, 0) is 4.79 Å². The first kappa shape index (κ1) is 26.8. The van der Waals surface area contributed by atoms with Crippen molar-refractivity contribution in [2.45, 2.75) is 45.7 Å². The fraction of sp³-hybridized carbons (Fsp3) is 0.344. The summed E-state index contributed by atoms with van der Waals surface area (Å²) in [5.74, 6) is -1.27. The number of para-hydroxylation sites is 1. The molecule has 2 aliphatic rings. The quantitative estimate of drug-likeness (QED) is 0.334. The van der Waals surface area contributed by atoms with Crippen molar-refractivity contribution in [3.8, 4) is 11.1 Å². The number of aromatic amines is 1. The van der Waals surface area contributed by atoms with E-state index in [0.717, 1.165) is 10.9 Å². The maximum atomic E-state index is 14.1. The zero-order valence-electron chi connectivity index (χ0n) is 23.3. The Morgan fingerprint density at radius 1 is 0.976 bits per heavy atom. The summed E-state index contributed by atoms with van der Waals surface area (Å²) >= 11 is 0. The van der Waals surface area contributed by atoms with Gasteiger partial charge in [-0.05, 0) is 30.0 Å². The highest BCUT2D eigenvalue weighted by atomic mass is 19.1. The number of aromatic nitrogens is 3. The number of nitrogens with zero attached hydrogens (tertiary/aromatic N) is 4. The number of carbonyl (C=O) groups excluding carboxylic acids is 3. The average Bonchev–Trinajstić information content (AvgIpc) is 3.69. The Morgan fingerprint density at radius 2 is 1.63 bits per heavy atom. The number of likely N-dealkylation sites (tertiary alicyclic amines) is 2. The maximum absolute atomic E-state index is 14.1. The number of Topliss-reactive ketones (excluding diaryl/α,β-unsaturated/α-hetero) is 1. The molecule has 2 aromatic carbocycles. The summed E-state index contributed by atoms with van der Waals surface area (Å²) in [7, 11) is 0. The van der Waals surface area contributed by atoms with Crippen molar-refractivity contribution >= 4 is 28.5 Å². The smallest absolute Gasteiger partial charge is 0.292 e. The summed E-state index contributed by atoms with van der Waals surface area (Å²) in [6, 6.07) is 15.6. The van der Waals surface area contributed by atoms with E-state index in [9.17, 15) is 18.8 Å². The molecule has 2 amide bonds. The van der Waals surface area contributed by atoms with E-state index in [4.69, 9.17) is 0 Å². The third kappa shape index (κ3) is 5.01. The van der Waals surface area contributed by atoms with E-state index in [1.165, 1.54) is 18.5 Å². The molecular formula is C32H32FN5O3. The van der Waals surface area contributed by atoms with Crippen LogP contribution in [0.15, 0.2) is 67.0 Å². The van der Waals surface area contributed by atoms with Crippen LogP contribution in [0.3, 0.4) is 0 Å². The van der Waals surface area contributed by atoms with Gasteiger partial charge in [0.1, 0.15) is 5.82 Å². The number of carbonyl (C=O) groups is 3. The monoisotopic (exact) mass is 553 g/mol. The molecule has 2 bridgehead atoms. The fourth-order valence-electron chi connectivity index (χ4n) is 6.07. The number of amides is 2. The number of piperazine rings is 1. The lowest BCUT2D eigenvalue weighted by Gasteiger charge is -2.38. The number of rotatable bonds is 6. The van der Waals surface area contributed by atoms with E-state index < -0.39 is 11.3 Å². The van der Waals surface area contributed by atoms with Crippen LogP contribution in [0.25, 0.3) is 22.0 Å². The van der Waals surface area contributed by atoms with Gasteiger partial charge in [0.05, 0.1) is 23.7 Å². The third-order valence-corrected chi connectivity index (χ3v) is 8.38. The predicted molar refractivity (Wildman–Crippen MR) is 153 cm³/mol. The second kappa shape index (κ2) is 10.2. The van der Waals surface area contributed by atoms with Crippen LogP contribution in [0.2, 0.25) is 0 Å². The summed E-state index contributed by atoms with van der Waals surface area (Å²) in [5, 5.41) is 0.960. The SMILES string of the molecule is CC(C)(C)[C@H](CC(=O)c1cc2ccccc2[nH]1)C(=O)N1C[C@@H]2C[C@H]1CN2C(=O)c1ncc(-c2ccccc2F)cn1. The molecule has 2 aromatic heterocycles. The summed E-state index contributed by atoms with van der Waals surface area (Å²) in [6.45, 7) is 6.76. The summed E-state index contributed by atoms with van der Waals surface area (Å²) in [6.07, 6.45) is 3.70. The zero-order valence-corrected chi connectivity index (χ0v) is 23.3. The van der Waals surface area contributed by atoms with Gasteiger partial charge in [0, 0.05) is 53.9 Å². The number of hydrogen-bond donors (Lipinski definition) is 1. The first-order valence-corrected chi connectivity index (χ1v) is 13.9. The van der Waals surface area contributed by atoms with Gasteiger partial charge in [-0.1, -0.05) is 57.2 Å². The molecule has 1 N–H and O–H groups in total. The van der Waals surface area contributed by atoms with E-state index in [2.05, 4.69) is 15.0 Å². The lowest BCUT2D eigenvalue weighted by molar-refractivity contribution is -0.141. The number of benzene rings is 2. The lowest BCUT2D eigenvalue weighted by atomic mass is 9.76. The molecule has 0 spiro atoms. The van der Waals surface area contributed by atoms with E-state index in [1.807, 2.05) is 56.0 Å². The molecular weight excluding hydrogens is 521 g/mol. The largest absolute Gasteiger partial charge is 0.352 e. The van der Waals surface area contributed by atoms with Gasteiger partial charge in [0.2, 0.25) is 11.7 Å². The summed E-state index contributed by atoms with van der Waals surface area (Å²) in [5.41, 5.74) is 1.84. The minimum Gasteiger partial charge on any atom is -0.352 e. The number of ketones is 1. The molecule has 0 aliphatic carbocycles. The first-order valence-electron chi connectivity index (χ1n) is 13.9. The van der Waals surface area contributed by atoms with Crippen molar-refractivity contribution in [3.63, 3.8) is 0 Å². The van der Waals surface area contributed by atoms with Crippen LogP contribution in [0, 0.1) is 17.2 Å². The van der Waals surface area contributed by atoms with Gasteiger partial charge in [0.15, 0.2) is 5.78 Å². The Labute approximate surface area is 237 Å². The van der Waals surface area contributed by atoms with E-state index in [-0.39, 0.29) is 47.7 Å². The van der Waals surface area contributed by atoms with Crippen molar-refractivity contribution < 1.29 is 18.8 Å². The molecule has 41 heavy (non-hydrogen) atoms. The van der Waals surface area contributed by atoms with Crippen molar-refractivity contribution in [3.05, 3.63) is 84.3 Å². The van der Waals surface area contributed by atoms with Gasteiger partial charge in [-0.15, -0.1) is 0 Å². The third-order valence-electron chi connectivity index (χ3n) is 8.38. The van der Waals surface area contributed by atoms with Crippen LogP contribution in [0.5, 0.6) is 0 Å². The number of halogens is 1. The van der Waals surface area contributed by atoms with Crippen molar-refractivity contribution in [1.82, 2.24) is 24.8 Å². The van der Waals surface area contributed by atoms with Crippen LogP contribution < -0.4 is 0 Å². The Morgan fingerprint density at radius 3 is 2.29 bits per heavy atom. The highest BCUT2D eigenvalue weighted by molar-refractivity contribution is 6.01. The molecule has 4 heterocycles. The normalized spacial score (nSPS) is 19.1. The van der Waals surface area contributed by atoms with Gasteiger partial charge in [0.25, 0.3) is 5.91 Å². The van der Waals surface area contributed by atoms with E-state index >= 15 is 0 Å². The molecule has 9 heteroatoms. The van der Waals surface area contributed by atoms with Gasteiger partial charge in [-0.25, -0.2) is 14.4 Å². The van der Waals surface area contributed by atoms with E-state index in [1.54, 1.807) is 23.1 Å². The Bertz CT molecular complexity index is 1610.